The molecule has 0 aromatic heterocycles. The van der Waals surface area contributed by atoms with Gasteiger partial charge < -0.3 is 15.2 Å². The highest BCUT2D eigenvalue weighted by Crippen LogP contribution is 2.29. The van der Waals surface area contributed by atoms with E-state index in [9.17, 15) is 0 Å². The zero-order chi connectivity index (χ0) is 11.5. The Morgan fingerprint density at radius 3 is 2.00 bits per heavy atom. The van der Waals surface area contributed by atoms with Crippen molar-refractivity contribution in [3.63, 3.8) is 0 Å². The molecule has 1 atom stereocenters. The second-order valence-corrected chi connectivity index (χ2v) is 4.62. The molecular weight excluding hydrogens is 305 g/mol. The van der Waals surface area contributed by atoms with E-state index in [1.807, 2.05) is 31.2 Å². The van der Waals surface area contributed by atoms with Crippen molar-refractivity contribution in [2.24, 2.45) is 5.73 Å². The third kappa shape index (κ3) is 2.50. The van der Waals surface area contributed by atoms with E-state index in [2.05, 4.69) is 22.6 Å². The Hall–Kier alpha value is -0.170. The SMILES string of the molecule is COC(OC)(c1ccc(I)cc1)C(C)N. The molecular formula is C11H16INO2. The molecule has 15 heavy (non-hydrogen) atoms. The summed E-state index contributed by atoms with van der Waals surface area (Å²) >= 11 is 2.25. The van der Waals surface area contributed by atoms with Crippen molar-refractivity contribution in [2.45, 2.75) is 18.8 Å². The van der Waals surface area contributed by atoms with E-state index in [1.54, 1.807) is 14.2 Å². The number of ether oxygens (including phenoxy) is 2. The third-order valence-corrected chi connectivity index (χ3v) is 3.17. The molecule has 0 saturated heterocycles. The van der Waals surface area contributed by atoms with Crippen LogP contribution >= 0.6 is 22.6 Å². The van der Waals surface area contributed by atoms with Crippen LogP contribution in [0.3, 0.4) is 0 Å². The molecule has 84 valence electrons. The van der Waals surface area contributed by atoms with E-state index in [0.717, 1.165) is 5.56 Å². The van der Waals surface area contributed by atoms with Crippen LogP contribution in [0, 0.1) is 3.57 Å². The maximum Gasteiger partial charge on any atom is 0.209 e. The van der Waals surface area contributed by atoms with E-state index in [4.69, 9.17) is 15.2 Å². The Kier molecular flexibility index (Phi) is 4.51. The fourth-order valence-electron chi connectivity index (χ4n) is 1.64. The van der Waals surface area contributed by atoms with Crippen molar-refractivity contribution in [1.29, 1.82) is 0 Å². The Morgan fingerprint density at radius 1 is 1.20 bits per heavy atom. The Labute approximate surface area is 104 Å². The van der Waals surface area contributed by atoms with Crippen LogP contribution in [0.5, 0.6) is 0 Å². The first kappa shape index (κ1) is 12.9. The lowest BCUT2D eigenvalue weighted by molar-refractivity contribution is -0.226. The van der Waals surface area contributed by atoms with Gasteiger partial charge in [-0.2, -0.15) is 0 Å². The van der Waals surface area contributed by atoms with E-state index in [0.29, 0.717) is 0 Å². The van der Waals surface area contributed by atoms with Crippen LogP contribution < -0.4 is 5.73 Å². The lowest BCUT2D eigenvalue weighted by Gasteiger charge is -2.34. The standard InChI is InChI=1S/C11H16INO2/c1-8(13)11(14-2,15-3)9-4-6-10(12)7-5-9/h4-8H,13H2,1-3H3. The second kappa shape index (κ2) is 5.25. The molecule has 0 fully saturated rings. The highest BCUT2D eigenvalue weighted by atomic mass is 127. The van der Waals surface area contributed by atoms with E-state index in [1.165, 1.54) is 3.57 Å². The predicted molar refractivity (Wildman–Crippen MR) is 68.5 cm³/mol. The molecule has 1 aromatic carbocycles. The van der Waals surface area contributed by atoms with Crippen LogP contribution in [0.2, 0.25) is 0 Å². The van der Waals surface area contributed by atoms with Crippen molar-refractivity contribution in [3.05, 3.63) is 33.4 Å². The van der Waals surface area contributed by atoms with Crippen LogP contribution in [0.25, 0.3) is 0 Å². The lowest BCUT2D eigenvalue weighted by Crippen LogP contribution is -2.46. The largest absolute Gasteiger partial charge is 0.348 e. The summed E-state index contributed by atoms with van der Waals surface area (Å²) in [5.74, 6) is -0.857. The highest BCUT2D eigenvalue weighted by Gasteiger charge is 2.36. The highest BCUT2D eigenvalue weighted by molar-refractivity contribution is 14.1. The summed E-state index contributed by atoms with van der Waals surface area (Å²) in [5, 5.41) is 0. The van der Waals surface area contributed by atoms with Crippen molar-refractivity contribution in [1.82, 2.24) is 0 Å². The minimum Gasteiger partial charge on any atom is -0.348 e. The minimum absolute atomic E-state index is 0.243. The van der Waals surface area contributed by atoms with Gasteiger partial charge in [0.05, 0.1) is 6.04 Å². The summed E-state index contributed by atoms with van der Waals surface area (Å²) < 4.78 is 12.0. The molecule has 1 rings (SSSR count). The van der Waals surface area contributed by atoms with Gasteiger partial charge in [0, 0.05) is 23.4 Å². The van der Waals surface area contributed by atoms with Crippen molar-refractivity contribution < 1.29 is 9.47 Å². The lowest BCUT2D eigenvalue weighted by atomic mass is 9.99. The first-order chi connectivity index (χ1) is 7.06. The average Bonchev–Trinajstić information content (AvgIpc) is 2.22. The van der Waals surface area contributed by atoms with E-state index >= 15 is 0 Å². The number of rotatable bonds is 4. The Balaban J connectivity index is 3.14. The molecule has 0 aliphatic heterocycles. The number of benzene rings is 1. The van der Waals surface area contributed by atoms with Crippen LogP contribution in [-0.4, -0.2) is 20.3 Å². The monoisotopic (exact) mass is 321 g/mol. The van der Waals surface area contributed by atoms with Gasteiger partial charge in [0.25, 0.3) is 0 Å². The molecule has 1 unspecified atom stereocenters. The number of hydrogen-bond donors (Lipinski definition) is 1. The van der Waals surface area contributed by atoms with Crippen LogP contribution in [-0.2, 0) is 15.3 Å². The first-order valence-electron chi connectivity index (χ1n) is 4.68. The van der Waals surface area contributed by atoms with Gasteiger partial charge in [0.15, 0.2) is 0 Å². The van der Waals surface area contributed by atoms with E-state index < -0.39 is 5.79 Å². The molecule has 0 aliphatic rings. The van der Waals surface area contributed by atoms with Gasteiger partial charge in [-0.05, 0) is 41.6 Å². The second-order valence-electron chi connectivity index (χ2n) is 3.37. The van der Waals surface area contributed by atoms with Crippen molar-refractivity contribution in [2.75, 3.05) is 14.2 Å². The molecule has 0 spiro atoms. The number of methoxy groups -OCH3 is 2. The Morgan fingerprint density at radius 2 is 1.67 bits per heavy atom. The van der Waals surface area contributed by atoms with Crippen LogP contribution in [0.1, 0.15) is 12.5 Å². The topological polar surface area (TPSA) is 44.5 Å². The fourth-order valence-corrected chi connectivity index (χ4v) is 2.00. The smallest absolute Gasteiger partial charge is 0.209 e. The molecule has 3 nitrogen and oxygen atoms in total. The summed E-state index contributed by atoms with van der Waals surface area (Å²) in [6, 6.07) is 7.71. The normalized spacial score (nSPS) is 13.9. The van der Waals surface area contributed by atoms with Crippen LogP contribution in [0.4, 0.5) is 0 Å². The molecule has 2 N–H and O–H groups in total. The van der Waals surface area contributed by atoms with Gasteiger partial charge >= 0.3 is 0 Å². The summed E-state index contributed by atoms with van der Waals surface area (Å²) in [6.07, 6.45) is 0. The number of halogens is 1. The average molecular weight is 321 g/mol. The van der Waals surface area contributed by atoms with E-state index in [-0.39, 0.29) is 6.04 Å². The molecule has 1 aromatic rings. The molecule has 0 radical (unpaired) electrons. The van der Waals surface area contributed by atoms with Gasteiger partial charge in [0.1, 0.15) is 0 Å². The molecule has 0 bridgehead atoms. The van der Waals surface area contributed by atoms with Crippen LogP contribution in [0.15, 0.2) is 24.3 Å². The third-order valence-electron chi connectivity index (χ3n) is 2.45. The minimum atomic E-state index is -0.857. The number of nitrogens with two attached hydrogens (primary N) is 1. The van der Waals surface area contributed by atoms with Gasteiger partial charge in [-0.25, -0.2) is 0 Å². The molecule has 0 amide bonds. The molecule has 4 heteroatoms. The molecule has 0 aliphatic carbocycles. The summed E-state index contributed by atoms with van der Waals surface area (Å²) in [4.78, 5) is 0. The maximum atomic E-state index is 5.91. The zero-order valence-electron chi connectivity index (χ0n) is 9.16. The van der Waals surface area contributed by atoms with Crippen molar-refractivity contribution in [3.8, 4) is 0 Å². The molecule has 0 saturated carbocycles. The first-order valence-corrected chi connectivity index (χ1v) is 5.76. The summed E-state index contributed by atoms with van der Waals surface area (Å²) in [7, 11) is 3.20. The van der Waals surface area contributed by atoms with Gasteiger partial charge in [-0.15, -0.1) is 0 Å². The maximum absolute atomic E-state index is 5.91. The van der Waals surface area contributed by atoms with Crippen molar-refractivity contribution >= 4 is 22.6 Å². The quantitative estimate of drug-likeness (QED) is 0.682. The van der Waals surface area contributed by atoms with Gasteiger partial charge in [0.2, 0.25) is 5.79 Å². The molecule has 0 heterocycles. The Bertz CT molecular complexity index is 307. The predicted octanol–water partition coefficient (Wildman–Crippen LogP) is 2.08. The number of hydrogen-bond acceptors (Lipinski definition) is 3. The fraction of sp³-hybridized carbons (Fsp3) is 0.455. The zero-order valence-corrected chi connectivity index (χ0v) is 11.3. The van der Waals surface area contributed by atoms with Gasteiger partial charge in [-0.3, -0.25) is 0 Å². The summed E-state index contributed by atoms with van der Waals surface area (Å²) in [5.41, 5.74) is 6.84. The van der Waals surface area contributed by atoms with Gasteiger partial charge in [-0.1, -0.05) is 12.1 Å². The summed E-state index contributed by atoms with van der Waals surface area (Å²) in [6.45, 7) is 1.87.